The minimum absolute atomic E-state index is 0.0227. The normalized spacial score (nSPS) is 22.3. The molecule has 5 nitrogen and oxygen atoms in total. The van der Waals surface area contributed by atoms with Crippen molar-refractivity contribution in [3.63, 3.8) is 0 Å². The summed E-state index contributed by atoms with van der Waals surface area (Å²) in [5.74, 6) is 0.142. The molecule has 184 valence electrons. The second-order valence-corrected chi connectivity index (χ2v) is 9.36. The van der Waals surface area contributed by atoms with E-state index in [1.807, 2.05) is 42.5 Å². The molecule has 1 aliphatic rings. The number of aliphatic hydroxyl groups excluding tert-OH is 1. The molecule has 1 aliphatic heterocycles. The van der Waals surface area contributed by atoms with E-state index in [-0.39, 0.29) is 24.7 Å². The van der Waals surface area contributed by atoms with Crippen LogP contribution in [0.4, 0.5) is 0 Å². The maximum absolute atomic E-state index is 9.45. The molecule has 3 aromatic rings. The van der Waals surface area contributed by atoms with Gasteiger partial charge in [-0.3, -0.25) is 0 Å². The number of likely N-dealkylation sites (N-methyl/N-ethyl adjacent to an activating group) is 1. The molecule has 0 saturated carbocycles. The number of rotatable bonds is 9. The van der Waals surface area contributed by atoms with Crippen molar-refractivity contribution >= 4 is 0 Å². The Hall–Kier alpha value is -2.80. The van der Waals surface area contributed by atoms with E-state index in [1.54, 1.807) is 0 Å². The van der Waals surface area contributed by atoms with E-state index in [1.165, 1.54) is 0 Å². The molecule has 0 spiro atoms. The van der Waals surface area contributed by atoms with Gasteiger partial charge in [-0.1, -0.05) is 73.7 Å². The van der Waals surface area contributed by atoms with E-state index in [0.717, 1.165) is 46.5 Å². The molecule has 1 heterocycles. The van der Waals surface area contributed by atoms with Crippen molar-refractivity contribution < 1.29 is 14.6 Å². The van der Waals surface area contributed by atoms with Crippen molar-refractivity contribution in [2.24, 2.45) is 11.7 Å². The fraction of sp³-hybridized carbons (Fsp3) is 0.333. The zero-order chi connectivity index (χ0) is 24.8. The van der Waals surface area contributed by atoms with Crippen LogP contribution in [0.5, 0.6) is 0 Å². The predicted octanol–water partition coefficient (Wildman–Crippen LogP) is 5.21. The van der Waals surface area contributed by atoms with E-state index in [4.69, 9.17) is 15.2 Å². The molecule has 4 rings (SSSR count). The molecule has 4 atom stereocenters. The molecule has 5 heteroatoms. The molecular formula is C30H36N2O3. The highest BCUT2D eigenvalue weighted by Crippen LogP contribution is 2.42. The number of hydrogen-bond donors (Lipinski definition) is 2. The molecule has 0 amide bonds. The minimum Gasteiger partial charge on any atom is -0.392 e. The minimum atomic E-state index is -0.492. The number of nitrogens with zero attached hydrogens (tertiary/aromatic N) is 1. The first-order chi connectivity index (χ1) is 17.0. The predicted molar refractivity (Wildman–Crippen MR) is 140 cm³/mol. The Morgan fingerprint density at radius 2 is 1.66 bits per heavy atom. The van der Waals surface area contributed by atoms with Crippen LogP contribution in [0.2, 0.25) is 0 Å². The average Bonchev–Trinajstić information content (AvgIpc) is 2.90. The van der Waals surface area contributed by atoms with Crippen LogP contribution in [-0.4, -0.2) is 36.2 Å². The summed E-state index contributed by atoms with van der Waals surface area (Å²) in [5, 5.41) is 9.45. The highest BCUT2D eigenvalue weighted by atomic mass is 16.7. The van der Waals surface area contributed by atoms with Crippen molar-refractivity contribution in [1.82, 2.24) is 4.90 Å². The van der Waals surface area contributed by atoms with E-state index in [2.05, 4.69) is 61.8 Å². The fourth-order valence-electron chi connectivity index (χ4n) is 4.67. The third-order valence-electron chi connectivity index (χ3n) is 6.71. The zero-order valence-corrected chi connectivity index (χ0v) is 20.6. The van der Waals surface area contributed by atoms with E-state index < -0.39 is 6.29 Å². The SMILES string of the molecule is C=CCN(C)C[C@H]1O[C@@H](c2cccc(-c3cccc(CN)c3)c2)O[C@@H](c2ccc(CO)cc2)[C@H]1C. The molecule has 0 unspecified atom stereocenters. The van der Waals surface area contributed by atoms with Crippen molar-refractivity contribution in [1.29, 1.82) is 0 Å². The Balaban J connectivity index is 1.65. The van der Waals surface area contributed by atoms with Gasteiger partial charge in [0.15, 0.2) is 6.29 Å². The molecule has 3 aromatic carbocycles. The molecule has 0 radical (unpaired) electrons. The van der Waals surface area contributed by atoms with Crippen LogP contribution in [0.25, 0.3) is 11.1 Å². The summed E-state index contributed by atoms with van der Waals surface area (Å²) in [5.41, 5.74) is 12.1. The van der Waals surface area contributed by atoms with Crippen molar-refractivity contribution in [3.05, 3.63) is 108 Å². The lowest BCUT2D eigenvalue weighted by Crippen LogP contribution is -2.43. The summed E-state index contributed by atoms with van der Waals surface area (Å²) in [6, 6.07) is 24.7. The topological polar surface area (TPSA) is 68.0 Å². The van der Waals surface area contributed by atoms with Crippen LogP contribution in [0.3, 0.4) is 0 Å². The Kier molecular flexibility index (Phi) is 8.50. The summed E-state index contributed by atoms with van der Waals surface area (Å²) in [6.45, 7) is 8.16. The molecule has 0 aromatic heterocycles. The van der Waals surface area contributed by atoms with Gasteiger partial charge in [0.1, 0.15) is 0 Å². The van der Waals surface area contributed by atoms with Gasteiger partial charge in [-0.25, -0.2) is 0 Å². The Morgan fingerprint density at radius 3 is 2.34 bits per heavy atom. The van der Waals surface area contributed by atoms with E-state index in [9.17, 15) is 5.11 Å². The van der Waals surface area contributed by atoms with Gasteiger partial charge in [-0.2, -0.15) is 0 Å². The lowest BCUT2D eigenvalue weighted by Gasteiger charge is -2.42. The molecule has 35 heavy (non-hydrogen) atoms. The Bertz CT molecular complexity index is 1110. The van der Waals surface area contributed by atoms with Crippen LogP contribution < -0.4 is 5.73 Å². The molecule has 1 saturated heterocycles. The Labute approximate surface area is 208 Å². The molecule has 0 bridgehead atoms. The van der Waals surface area contributed by atoms with E-state index >= 15 is 0 Å². The third-order valence-corrected chi connectivity index (χ3v) is 6.71. The lowest BCUT2D eigenvalue weighted by molar-refractivity contribution is -0.275. The van der Waals surface area contributed by atoms with Crippen molar-refractivity contribution in [3.8, 4) is 11.1 Å². The van der Waals surface area contributed by atoms with Gasteiger partial charge < -0.3 is 25.2 Å². The summed E-state index contributed by atoms with van der Waals surface area (Å²) in [7, 11) is 2.08. The van der Waals surface area contributed by atoms with Gasteiger partial charge in [0.25, 0.3) is 0 Å². The number of ether oxygens (including phenoxy) is 2. The number of aliphatic hydroxyl groups is 1. The van der Waals surface area contributed by atoms with Crippen LogP contribution in [0, 0.1) is 5.92 Å². The van der Waals surface area contributed by atoms with Crippen LogP contribution >= 0.6 is 0 Å². The number of nitrogens with two attached hydrogens (primary N) is 1. The first kappa shape index (κ1) is 25.3. The Morgan fingerprint density at radius 1 is 0.943 bits per heavy atom. The number of hydrogen-bond acceptors (Lipinski definition) is 5. The summed E-state index contributed by atoms with van der Waals surface area (Å²) in [4.78, 5) is 2.22. The lowest BCUT2D eigenvalue weighted by atomic mass is 9.90. The molecule has 3 N–H and O–H groups in total. The summed E-state index contributed by atoms with van der Waals surface area (Å²) < 4.78 is 13.2. The van der Waals surface area contributed by atoms with Crippen LogP contribution in [0.1, 0.15) is 41.6 Å². The monoisotopic (exact) mass is 472 g/mol. The second-order valence-electron chi connectivity index (χ2n) is 9.36. The van der Waals surface area contributed by atoms with Crippen molar-refractivity contribution in [2.45, 2.75) is 38.6 Å². The highest BCUT2D eigenvalue weighted by Gasteiger charge is 2.38. The van der Waals surface area contributed by atoms with Gasteiger partial charge in [-0.15, -0.1) is 6.58 Å². The van der Waals surface area contributed by atoms with Gasteiger partial charge in [-0.05, 0) is 47.0 Å². The molecule has 1 fully saturated rings. The van der Waals surface area contributed by atoms with Gasteiger partial charge in [0.05, 0.1) is 18.8 Å². The van der Waals surface area contributed by atoms with Crippen molar-refractivity contribution in [2.75, 3.05) is 20.1 Å². The first-order valence-corrected chi connectivity index (χ1v) is 12.2. The standard InChI is InChI=1S/C30H36N2O3/c1-4-15-32(3)19-28-21(2)29(24-13-11-22(20-33)12-14-24)35-30(34-28)27-10-6-9-26(17-27)25-8-5-7-23(16-25)18-31/h4-14,16-17,21,28-30,33H,1,15,18-20,31H2,2-3H3/t21-,28+,29+,30+/m0/s1. The maximum Gasteiger partial charge on any atom is 0.184 e. The quantitative estimate of drug-likeness (QED) is 0.418. The number of benzene rings is 3. The summed E-state index contributed by atoms with van der Waals surface area (Å²) >= 11 is 0. The second kappa shape index (κ2) is 11.8. The average molecular weight is 473 g/mol. The van der Waals surface area contributed by atoms with Gasteiger partial charge in [0, 0.05) is 31.1 Å². The molecule has 0 aliphatic carbocycles. The van der Waals surface area contributed by atoms with Gasteiger partial charge in [0.2, 0.25) is 0 Å². The highest BCUT2D eigenvalue weighted by molar-refractivity contribution is 5.65. The van der Waals surface area contributed by atoms with E-state index in [0.29, 0.717) is 6.54 Å². The van der Waals surface area contributed by atoms with Gasteiger partial charge >= 0.3 is 0 Å². The maximum atomic E-state index is 9.45. The molecular weight excluding hydrogens is 436 g/mol. The first-order valence-electron chi connectivity index (χ1n) is 12.2. The van der Waals surface area contributed by atoms with Crippen LogP contribution in [-0.2, 0) is 22.6 Å². The zero-order valence-electron chi connectivity index (χ0n) is 20.6. The van der Waals surface area contributed by atoms with Crippen LogP contribution in [0.15, 0.2) is 85.5 Å². The summed E-state index contributed by atoms with van der Waals surface area (Å²) in [6.07, 6.45) is 1.26. The smallest absolute Gasteiger partial charge is 0.184 e. The fourth-order valence-corrected chi connectivity index (χ4v) is 4.67. The third kappa shape index (κ3) is 6.07. The largest absolute Gasteiger partial charge is 0.392 e.